The molecule has 0 fully saturated rings. The topological polar surface area (TPSA) is 74.6 Å². The van der Waals surface area contributed by atoms with Gasteiger partial charge >= 0.3 is 11.9 Å². The summed E-state index contributed by atoms with van der Waals surface area (Å²) < 4.78 is 0. The van der Waals surface area contributed by atoms with Gasteiger partial charge in [0.25, 0.3) is 0 Å². The van der Waals surface area contributed by atoms with Crippen LogP contribution in [0.15, 0.2) is 48.6 Å². The van der Waals surface area contributed by atoms with Gasteiger partial charge in [-0.25, -0.2) is 9.59 Å². The Hall–Kier alpha value is -3.40. The molecule has 0 bridgehead atoms. The summed E-state index contributed by atoms with van der Waals surface area (Å²) in [6, 6.07) is 11.8. The summed E-state index contributed by atoms with van der Waals surface area (Å²) in [4.78, 5) is 22.4. The molecule has 0 aliphatic rings. The lowest BCUT2D eigenvalue weighted by atomic mass is 9.86. The van der Waals surface area contributed by atoms with Crippen molar-refractivity contribution in [3.05, 3.63) is 70.8 Å². The largest absolute Gasteiger partial charge is 0.478 e. The van der Waals surface area contributed by atoms with Crippen molar-refractivity contribution in [1.29, 1.82) is 0 Å². The van der Waals surface area contributed by atoms with E-state index in [0.29, 0.717) is 0 Å². The summed E-state index contributed by atoms with van der Waals surface area (Å²) in [5, 5.41) is 22.0. The van der Waals surface area contributed by atoms with Gasteiger partial charge in [0.15, 0.2) is 0 Å². The number of carboxylic acid groups (broad SMARTS) is 2. The second kappa shape index (κ2) is 8.09. The van der Waals surface area contributed by atoms with E-state index >= 15 is 0 Å². The lowest BCUT2D eigenvalue weighted by Crippen LogP contribution is -1.98. The third-order valence-corrected chi connectivity index (χ3v) is 5.00. The summed E-state index contributed by atoms with van der Waals surface area (Å²) in [7, 11) is 0. The number of carboxylic acids is 2. The molecule has 0 radical (unpaired) electrons. The summed E-state index contributed by atoms with van der Waals surface area (Å²) in [5.74, 6) is -2.01. The molecule has 0 spiro atoms. The van der Waals surface area contributed by atoms with Crippen molar-refractivity contribution in [3.8, 4) is 0 Å². The van der Waals surface area contributed by atoms with Gasteiger partial charge in [-0.3, -0.25) is 0 Å². The van der Waals surface area contributed by atoms with Crippen LogP contribution in [0, 0.1) is 0 Å². The predicted octanol–water partition coefficient (Wildman–Crippen LogP) is 5.31. The van der Waals surface area contributed by atoms with Gasteiger partial charge in [-0.15, -0.1) is 0 Å². The Balaban J connectivity index is 2.58. The number of hydrogen-bond acceptors (Lipinski definition) is 2. The average molecular weight is 374 g/mol. The lowest BCUT2D eigenvalue weighted by Gasteiger charge is -2.18. The standard InChI is InChI=1S/C24H22O4/c1-3-15-9-10-20-19(11-13-22(25)26)17-7-5-6-8-18(17)21(12-14-23(27)28)24(20)16(15)4-2/h5-14H,3-4H2,1-2H3,(H,25,26)(H,27,28). The predicted molar refractivity (Wildman–Crippen MR) is 114 cm³/mol. The van der Waals surface area contributed by atoms with Gasteiger partial charge < -0.3 is 10.2 Å². The van der Waals surface area contributed by atoms with E-state index in [0.717, 1.165) is 57.7 Å². The zero-order valence-electron chi connectivity index (χ0n) is 15.9. The van der Waals surface area contributed by atoms with Crippen LogP contribution >= 0.6 is 0 Å². The third-order valence-electron chi connectivity index (χ3n) is 5.00. The van der Waals surface area contributed by atoms with Crippen molar-refractivity contribution in [1.82, 2.24) is 0 Å². The minimum absolute atomic E-state index is 0.800. The quantitative estimate of drug-likeness (QED) is 0.453. The maximum absolute atomic E-state index is 11.2. The normalized spacial score (nSPS) is 11.8. The molecule has 3 aromatic carbocycles. The molecule has 0 aliphatic heterocycles. The Morgan fingerprint density at radius 3 is 1.89 bits per heavy atom. The van der Waals surface area contributed by atoms with Crippen LogP contribution in [0.5, 0.6) is 0 Å². The molecule has 0 aliphatic carbocycles. The Morgan fingerprint density at radius 1 is 0.786 bits per heavy atom. The monoisotopic (exact) mass is 374 g/mol. The van der Waals surface area contributed by atoms with Crippen molar-refractivity contribution in [2.75, 3.05) is 0 Å². The molecular formula is C24H22O4. The first-order valence-electron chi connectivity index (χ1n) is 9.29. The van der Waals surface area contributed by atoms with Crippen LogP contribution < -0.4 is 0 Å². The molecule has 3 aromatic rings. The van der Waals surface area contributed by atoms with E-state index in [4.69, 9.17) is 5.11 Å². The molecule has 0 atom stereocenters. The first kappa shape index (κ1) is 19.4. The van der Waals surface area contributed by atoms with Crippen LogP contribution in [-0.4, -0.2) is 22.2 Å². The number of hydrogen-bond donors (Lipinski definition) is 2. The molecule has 28 heavy (non-hydrogen) atoms. The van der Waals surface area contributed by atoms with Crippen LogP contribution in [-0.2, 0) is 22.4 Å². The maximum Gasteiger partial charge on any atom is 0.328 e. The smallest absolute Gasteiger partial charge is 0.328 e. The average Bonchev–Trinajstić information content (AvgIpc) is 2.69. The molecule has 0 aromatic heterocycles. The van der Waals surface area contributed by atoms with E-state index in [1.807, 2.05) is 30.3 Å². The van der Waals surface area contributed by atoms with Crippen LogP contribution in [0.25, 0.3) is 33.7 Å². The number of aliphatic carboxylic acids is 2. The van der Waals surface area contributed by atoms with Crippen molar-refractivity contribution >= 4 is 45.6 Å². The first-order valence-corrected chi connectivity index (χ1v) is 9.29. The Kier molecular flexibility index (Phi) is 5.59. The SMILES string of the molecule is CCc1ccc2c(C=CC(=O)O)c3ccccc3c(C=CC(=O)O)c2c1CC. The first-order chi connectivity index (χ1) is 13.5. The zero-order valence-corrected chi connectivity index (χ0v) is 15.9. The summed E-state index contributed by atoms with van der Waals surface area (Å²) >= 11 is 0. The molecule has 142 valence electrons. The van der Waals surface area contributed by atoms with E-state index in [2.05, 4.69) is 19.9 Å². The fourth-order valence-corrected chi connectivity index (χ4v) is 3.85. The van der Waals surface area contributed by atoms with Crippen LogP contribution in [0.3, 0.4) is 0 Å². The molecule has 0 heterocycles. The van der Waals surface area contributed by atoms with Gasteiger partial charge in [-0.2, -0.15) is 0 Å². The van der Waals surface area contributed by atoms with Crippen LogP contribution in [0.4, 0.5) is 0 Å². The van der Waals surface area contributed by atoms with Gasteiger partial charge in [0.2, 0.25) is 0 Å². The highest BCUT2D eigenvalue weighted by Crippen LogP contribution is 2.38. The Bertz CT molecular complexity index is 1140. The molecule has 0 saturated heterocycles. The van der Waals surface area contributed by atoms with E-state index in [9.17, 15) is 14.7 Å². The van der Waals surface area contributed by atoms with Crippen molar-refractivity contribution in [2.45, 2.75) is 26.7 Å². The summed E-state index contributed by atoms with van der Waals surface area (Å²) in [5.41, 5.74) is 4.06. The second-order valence-corrected chi connectivity index (χ2v) is 6.55. The van der Waals surface area contributed by atoms with Crippen LogP contribution in [0.2, 0.25) is 0 Å². The van der Waals surface area contributed by atoms with Crippen molar-refractivity contribution < 1.29 is 19.8 Å². The van der Waals surface area contributed by atoms with Gasteiger partial charge in [0.05, 0.1) is 0 Å². The highest BCUT2D eigenvalue weighted by molar-refractivity contribution is 6.15. The highest BCUT2D eigenvalue weighted by Gasteiger charge is 2.16. The molecule has 0 unspecified atom stereocenters. The minimum atomic E-state index is -1.01. The molecule has 2 N–H and O–H groups in total. The van der Waals surface area contributed by atoms with Gasteiger partial charge in [0, 0.05) is 12.2 Å². The Labute approximate surface area is 163 Å². The number of benzene rings is 3. The van der Waals surface area contributed by atoms with E-state index in [-0.39, 0.29) is 0 Å². The van der Waals surface area contributed by atoms with E-state index in [1.54, 1.807) is 12.2 Å². The number of rotatable bonds is 6. The van der Waals surface area contributed by atoms with Gasteiger partial charge in [-0.1, -0.05) is 50.2 Å². The summed E-state index contributed by atoms with van der Waals surface area (Å²) in [6.07, 6.45) is 7.25. The fourth-order valence-electron chi connectivity index (χ4n) is 3.85. The van der Waals surface area contributed by atoms with E-state index in [1.165, 1.54) is 11.1 Å². The molecule has 0 saturated carbocycles. The molecule has 3 rings (SSSR count). The highest BCUT2D eigenvalue weighted by atomic mass is 16.4. The fraction of sp³-hybridized carbons (Fsp3) is 0.167. The van der Waals surface area contributed by atoms with Crippen LogP contribution in [0.1, 0.15) is 36.1 Å². The van der Waals surface area contributed by atoms with Crippen molar-refractivity contribution in [2.24, 2.45) is 0 Å². The zero-order chi connectivity index (χ0) is 20.3. The molecule has 0 amide bonds. The van der Waals surface area contributed by atoms with Gasteiger partial charge in [-0.05, 0) is 68.8 Å². The minimum Gasteiger partial charge on any atom is -0.478 e. The van der Waals surface area contributed by atoms with E-state index < -0.39 is 11.9 Å². The molecular weight excluding hydrogens is 352 g/mol. The second-order valence-electron chi connectivity index (χ2n) is 6.55. The number of fused-ring (bicyclic) bond motifs is 2. The van der Waals surface area contributed by atoms with Crippen molar-refractivity contribution in [3.63, 3.8) is 0 Å². The number of carbonyl (C=O) groups is 2. The van der Waals surface area contributed by atoms with Gasteiger partial charge in [0.1, 0.15) is 0 Å². The Morgan fingerprint density at radius 2 is 1.36 bits per heavy atom. The third kappa shape index (κ3) is 3.54. The number of aryl methyl sites for hydroxylation is 2. The maximum atomic E-state index is 11.2. The summed E-state index contributed by atoms with van der Waals surface area (Å²) in [6.45, 7) is 4.18. The molecule has 4 nitrogen and oxygen atoms in total. The lowest BCUT2D eigenvalue weighted by molar-refractivity contribution is -0.132. The molecule has 4 heteroatoms.